The average molecular weight is 262 g/mol. The van der Waals surface area contributed by atoms with Gasteiger partial charge in [0.15, 0.2) is 11.0 Å². The molecule has 1 saturated heterocycles. The third kappa shape index (κ3) is 2.04. The summed E-state index contributed by atoms with van der Waals surface area (Å²) in [6, 6.07) is 7.63. The van der Waals surface area contributed by atoms with Gasteiger partial charge in [0.05, 0.1) is 11.0 Å². The number of aromatic nitrogens is 2. The lowest BCUT2D eigenvalue weighted by Gasteiger charge is -2.27. The number of para-hydroxylation sites is 2. The number of hydrogen-bond acceptors (Lipinski definition) is 4. The van der Waals surface area contributed by atoms with Crippen LogP contribution in [0.4, 0.5) is 5.82 Å². The largest absolute Gasteiger partial charge is 0.353 e. The Labute approximate surface area is 110 Å². The first kappa shape index (κ1) is 11.4. The maximum Gasteiger partial charge on any atom is 0.172 e. The first-order valence-corrected chi connectivity index (χ1v) is 6.31. The third-order valence-corrected chi connectivity index (χ3v) is 3.39. The fourth-order valence-corrected chi connectivity index (χ4v) is 2.39. The highest BCUT2D eigenvalue weighted by Crippen LogP contribution is 2.26. The van der Waals surface area contributed by atoms with Crippen LogP contribution in [0.15, 0.2) is 24.3 Å². The lowest BCUT2D eigenvalue weighted by molar-refractivity contribution is -0.119. The summed E-state index contributed by atoms with van der Waals surface area (Å²) >= 11 is 6.17. The van der Waals surface area contributed by atoms with E-state index in [0.29, 0.717) is 42.7 Å². The van der Waals surface area contributed by atoms with Crippen LogP contribution < -0.4 is 4.90 Å². The van der Waals surface area contributed by atoms with E-state index in [9.17, 15) is 4.79 Å². The number of fused-ring (bicyclic) bond motifs is 1. The number of hydrogen-bond donors (Lipinski definition) is 0. The molecule has 0 atom stereocenters. The molecule has 4 nitrogen and oxygen atoms in total. The summed E-state index contributed by atoms with van der Waals surface area (Å²) < 4.78 is 0. The van der Waals surface area contributed by atoms with Gasteiger partial charge in [0, 0.05) is 25.9 Å². The van der Waals surface area contributed by atoms with E-state index >= 15 is 0 Å². The van der Waals surface area contributed by atoms with Gasteiger partial charge in [-0.1, -0.05) is 23.7 Å². The fraction of sp³-hybridized carbons (Fsp3) is 0.308. The van der Waals surface area contributed by atoms with Gasteiger partial charge in [0.25, 0.3) is 0 Å². The van der Waals surface area contributed by atoms with E-state index in [1.165, 1.54) is 0 Å². The van der Waals surface area contributed by atoms with Crippen molar-refractivity contribution in [3.05, 3.63) is 29.4 Å². The van der Waals surface area contributed by atoms with Gasteiger partial charge in [-0.25, -0.2) is 9.97 Å². The van der Waals surface area contributed by atoms with Crippen LogP contribution in [0.2, 0.25) is 5.15 Å². The highest BCUT2D eigenvalue weighted by Gasteiger charge is 2.20. The Kier molecular flexibility index (Phi) is 2.88. The Morgan fingerprint density at radius 3 is 2.33 bits per heavy atom. The number of carbonyl (C=O) groups excluding carboxylic acids is 1. The molecule has 2 heterocycles. The van der Waals surface area contributed by atoms with E-state index in [-0.39, 0.29) is 0 Å². The summed E-state index contributed by atoms with van der Waals surface area (Å²) in [7, 11) is 0. The van der Waals surface area contributed by atoms with E-state index in [1.54, 1.807) is 0 Å². The molecule has 0 unspecified atom stereocenters. The monoisotopic (exact) mass is 261 g/mol. The van der Waals surface area contributed by atoms with Crippen LogP contribution in [0.3, 0.4) is 0 Å². The Hall–Kier alpha value is -1.68. The first-order chi connectivity index (χ1) is 8.74. The van der Waals surface area contributed by atoms with Gasteiger partial charge in [-0.2, -0.15) is 0 Å². The van der Waals surface area contributed by atoms with Crippen LogP contribution in [-0.2, 0) is 4.79 Å². The van der Waals surface area contributed by atoms with E-state index < -0.39 is 0 Å². The number of ketones is 1. The molecular formula is C13H12ClN3O. The van der Waals surface area contributed by atoms with Crippen molar-refractivity contribution in [1.82, 2.24) is 9.97 Å². The molecule has 2 aromatic rings. The summed E-state index contributed by atoms with van der Waals surface area (Å²) in [6.45, 7) is 1.34. The summed E-state index contributed by atoms with van der Waals surface area (Å²) in [5.41, 5.74) is 1.62. The van der Waals surface area contributed by atoms with Gasteiger partial charge in [-0.3, -0.25) is 4.79 Å². The number of nitrogens with zero attached hydrogens (tertiary/aromatic N) is 3. The van der Waals surface area contributed by atoms with E-state index in [4.69, 9.17) is 11.6 Å². The Morgan fingerprint density at radius 1 is 1.06 bits per heavy atom. The lowest BCUT2D eigenvalue weighted by atomic mass is 10.1. The smallest absolute Gasteiger partial charge is 0.172 e. The zero-order chi connectivity index (χ0) is 12.5. The molecule has 18 heavy (non-hydrogen) atoms. The zero-order valence-corrected chi connectivity index (χ0v) is 10.5. The number of halogens is 1. The van der Waals surface area contributed by atoms with E-state index in [1.807, 2.05) is 29.2 Å². The summed E-state index contributed by atoms with van der Waals surface area (Å²) in [6.07, 6.45) is 1.12. The predicted octanol–water partition coefficient (Wildman–Crippen LogP) is 2.45. The van der Waals surface area contributed by atoms with Crippen LogP contribution >= 0.6 is 11.6 Å². The number of rotatable bonds is 1. The van der Waals surface area contributed by atoms with Crippen LogP contribution in [0.25, 0.3) is 11.0 Å². The van der Waals surface area contributed by atoms with Crippen molar-refractivity contribution in [3.8, 4) is 0 Å². The van der Waals surface area contributed by atoms with Crippen molar-refractivity contribution >= 4 is 34.2 Å². The van der Waals surface area contributed by atoms with Gasteiger partial charge in [-0.05, 0) is 12.1 Å². The number of benzene rings is 1. The third-order valence-electron chi connectivity index (χ3n) is 3.13. The van der Waals surface area contributed by atoms with Crippen LogP contribution in [0.1, 0.15) is 12.8 Å². The molecule has 0 amide bonds. The van der Waals surface area contributed by atoms with Crippen molar-refractivity contribution in [1.29, 1.82) is 0 Å². The minimum absolute atomic E-state index is 0.302. The second kappa shape index (κ2) is 4.53. The zero-order valence-electron chi connectivity index (χ0n) is 9.77. The van der Waals surface area contributed by atoms with E-state index in [0.717, 1.165) is 11.0 Å². The van der Waals surface area contributed by atoms with Crippen LogP contribution in [-0.4, -0.2) is 28.8 Å². The molecule has 0 aliphatic carbocycles. The molecule has 3 rings (SSSR count). The average Bonchev–Trinajstić information content (AvgIpc) is 2.39. The molecule has 0 radical (unpaired) electrons. The summed E-state index contributed by atoms with van der Waals surface area (Å²) in [5, 5.41) is 0.406. The molecule has 1 aliphatic heterocycles. The van der Waals surface area contributed by atoms with Gasteiger partial charge >= 0.3 is 0 Å². The minimum Gasteiger partial charge on any atom is -0.353 e. The molecule has 1 aliphatic rings. The van der Waals surface area contributed by atoms with Crippen molar-refractivity contribution in [2.75, 3.05) is 18.0 Å². The maximum absolute atomic E-state index is 11.2. The molecule has 0 spiro atoms. The number of Topliss-reactive ketones (excluding diaryl/α,β-unsaturated/α-hetero) is 1. The maximum atomic E-state index is 11.2. The van der Waals surface area contributed by atoms with Gasteiger partial charge in [0.1, 0.15) is 5.78 Å². The molecule has 0 bridgehead atoms. The number of carbonyl (C=O) groups is 1. The quantitative estimate of drug-likeness (QED) is 0.791. The van der Waals surface area contributed by atoms with Crippen LogP contribution in [0.5, 0.6) is 0 Å². The van der Waals surface area contributed by atoms with Crippen molar-refractivity contribution in [2.24, 2.45) is 0 Å². The standard InChI is InChI=1S/C13H12ClN3O/c14-12-13(17-7-5-9(18)6-8-17)16-11-4-2-1-3-10(11)15-12/h1-4H,5-8H2. The summed E-state index contributed by atoms with van der Waals surface area (Å²) in [5.74, 6) is 0.985. The second-order valence-electron chi connectivity index (χ2n) is 4.35. The molecule has 0 N–H and O–H groups in total. The Bertz CT molecular complexity index is 604. The second-order valence-corrected chi connectivity index (χ2v) is 4.71. The lowest BCUT2D eigenvalue weighted by Crippen LogP contribution is -2.34. The number of piperidine rings is 1. The van der Waals surface area contributed by atoms with Gasteiger partial charge in [0.2, 0.25) is 0 Å². The van der Waals surface area contributed by atoms with Crippen molar-refractivity contribution in [3.63, 3.8) is 0 Å². The van der Waals surface area contributed by atoms with E-state index in [2.05, 4.69) is 9.97 Å². The molecule has 1 fully saturated rings. The Morgan fingerprint density at radius 2 is 1.67 bits per heavy atom. The molecular weight excluding hydrogens is 250 g/mol. The molecule has 5 heteroatoms. The highest BCUT2D eigenvalue weighted by molar-refractivity contribution is 6.32. The molecule has 1 aromatic heterocycles. The molecule has 1 aromatic carbocycles. The first-order valence-electron chi connectivity index (χ1n) is 5.93. The fourth-order valence-electron chi connectivity index (χ4n) is 2.14. The molecule has 0 saturated carbocycles. The van der Waals surface area contributed by atoms with Crippen LogP contribution in [0, 0.1) is 0 Å². The topological polar surface area (TPSA) is 46.1 Å². The van der Waals surface area contributed by atoms with Crippen molar-refractivity contribution in [2.45, 2.75) is 12.8 Å². The van der Waals surface area contributed by atoms with Gasteiger partial charge < -0.3 is 4.90 Å². The Balaban J connectivity index is 2.01. The predicted molar refractivity (Wildman–Crippen MR) is 71.0 cm³/mol. The highest BCUT2D eigenvalue weighted by atomic mass is 35.5. The van der Waals surface area contributed by atoms with Crippen molar-refractivity contribution < 1.29 is 4.79 Å². The minimum atomic E-state index is 0.302. The molecule has 92 valence electrons. The normalized spacial score (nSPS) is 16.3. The number of anilines is 1. The SMILES string of the molecule is O=C1CCN(c2nc3ccccc3nc2Cl)CC1. The van der Waals surface area contributed by atoms with Gasteiger partial charge in [-0.15, -0.1) is 0 Å². The summed E-state index contributed by atoms with van der Waals surface area (Å²) in [4.78, 5) is 22.2.